The van der Waals surface area contributed by atoms with Crippen LogP contribution < -0.4 is 10.2 Å². The van der Waals surface area contributed by atoms with Crippen molar-refractivity contribution in [1.82, 2.24) is 5.32 Å². The number of anilines is 1. The predicted octanol–water partition coefficient (Wildman–Crippen LogP) is 2.06. The summed E-state index contributed by atoms with van der Waals surface area (Å²) in [6.45, 7) is 8.04. The van der Waals surface area contributed by atoms with Crippen molar-refractivity contribution in [3.05, 3.63) is 29.8 Å². The SMILES string of the molecule is CCNC1COCC1CN(C)c1ccc(C)cc1. The van der Waals surface area contributed by atoms with Gasteiger partial charge in [-0.05, 0) is 25.6 Å². The van der Waals surface area contributed by atoms with Crippen LogP contribution in [0.1, 0.15) is 12.5 Å². The molecule has 100 valence electrons. The molecule has 1 aliphatic rings. The van der Waals surface area contributed by atoms with Gasteiger partial charge in [-0.15, -0.1) is 0 Å². The smallest absolute Gasteiger partial charge is 0.0624 e. The van der Waals surface area contributed by atoms with Crippen molar-refractivity contribution in [3.8, 4) is 0 Å². The molecule has 2 atom stereocenters. The third kappa shape index (κ3) is 3.24. The number of likely N-dealkylation sites (N-methyl/N-ethyl adjacent to an activating group) is 1. The van der Waals surface area contributed by atoms with E-state index in [4.69, 9.17) is 4.74 Å². The van der Waals surface area contributed by atoms with E-state index in [-0.39, 0.29) is 0 Å². The zero-order valence-electron chi connectivity index (χ0n) is 11.6. The van der Waals surface area contributed by atoms with Crippen molar-refractivity contribution < 1.29 is 4.74 Å². The lowest BCUT2D eigenvalue weighted by Gasteiger charge is -2.26. The molecule has 1 aliphatic heterocycles. The normalized spacial score (nSPS) is 23.3. The quantitative estimate of drug-likeness (QED) is 0.863. The Morgan fingerprint density at radius 3 is 2.67 bits per heavy atom. The summed E-state index contributed by atoms with van der Waals surface area (Å²) in [7, 11) is 2.16. The Kier molecular flexibility index (Phi) is 4.61. The van der Waals surface area contributed by atoms with E-state index in [9.17, 15) is 0 Å². The summed E-state index contributed by atoms with van der Waals surface area (Å²) in [6, 6.07) is 9.21. The monoisotopic (exact) mass is 248 g/mol. The molecule has 18 heavy (non-hydrogen) atoms. The fraction of sp³-hybridized carbons (Fsp3) is 0.600. The zero-order chi connectivity index (χ0) is 13.0. The summed E-state index contributed by atoms with van der Waals surface area (Å²) in [5.74, 6) is 0.580. The Morgan fingerprint density at radius 2 is 2.00 bits per heavy atom. The maximum Gasteiger partial charge on any atom is 0.0624 e. The first-order chi connectivity index (χ1) is 8.70. The van der Waals surface area contributed by atoms with Gasteiger partial charge in [0, 0.05) is 31.2 Å². The lowest BCUT2D eigenvalue weighted by molar-refractivity contribution is 0.183. The molecule has 0 bridgehead atoms. The summed E-state index contributed by atoms with van der Waals surface area (Å²) >= 11 is 0. The lowest BCUT2D eigenvalue weighted by atomic mass is 10.0. The lowest BCUT2D eigenvalue weighted by Crippen LogP contribution is -2.40. The first-order valence-electron chi connectivity index (χ1n) is 6.79. The molecule has 1 heterocycles. The maximum atomic E-state index is 5.59. The molecule has 2 unspecified atom stereocenters. The van der Waals surface area contributed by atoms with Crippen molar-refractivity contribution >= 4 is 5.69 Å². The highest BCUT2D eigenvalue weighted by Gasteiger charge is 2.28. The minimum atomic E-state index is 0.503. The largest absolute Gasteiger partial charge is 0.379 e. The van der Waals surface area contributed by atoms with Gasteiger partial charge in [-0.2, -0.15) is 0 Å². The maximum absolute atomic E-state index is 5.59. The van der Waals surface area contributed by atoms with Gasteiger partial charge in [0.1, 0.15) is 0 Å². The summed E-state index contributed by atoms with van der Waals surface area (Å²) in [5, 5.41) is 3.51. The third-order valence-corrected chi connectivity index (χ3v) is 3.65. The van der Waals surface area contributed by atoms with Crippen LogP contribution in [-0.4, -0.2) is 39.4 Å². The van der Waals surface area contributed by atoms with Crippen molar-refractivity contribution in [2.75, 3.05) is 38.3 Å². The van der Waals surface area contributed by atoms with E-state index >= 15 is 0 Å². The number of aryl methyl sites for hydroxylation is 1. The molecule has 1 saturated heterocycles. The first kappa shape index (κ1) is 13.4. The molecule has 1 aromatic rings. The second-order valence-corrected chi connectivity index (χ2v) is 5.18. The van der Waals surface area contributed by atoms with E-state index in [0.717, 1.165) is 26.3 Å². The number of rotatable bonds is 5. The van der Waals surface area contributed by atoms with Crippen molar-refractivity contribution in [3.63, 3.8) is 0 Å². The van der Waals surface area contributed by atoms with E-state index in [2.05, 4.69) is 55.4 Å². The Labute approximate surface area is 110 Å². The van der Waals surface area contributed by atoms with E-state index < -0.39 is 0 Å². The number of nitrogens with one attached hydrogen (secondary N) is 1. The van der Waals surface area contributed by atoms with E-state index in [1.54, 1.807) is 0 Å². The number of hydrogen-bond acceptors (Lipinski definition) is 3. The van der Waals surface area contributed by atoms with Gasteiger partial charge >= 0.3 is 0 Å². The molecule has 0 aromatic heterocycles. The van der Waals surface area contributed by atoms with Crippen LogP contribution in [0, 0.1) is 12.8 Å². The second-order valence-electron chi connectivity index (χ2n) is 5.18. The van der Waals surface area contributed by atoms with Gasteiger partial charge in [0.05, 0.1) is 13.2 Å². The van der Waals surface area contributed by atoms with Gasteiger partial charge in [-0.3, -0.25) is 0 Å². The average molecular weight is 248 g/mol. The van der Waals surface area contributed by atoms with Gasteiger partial charge in [0.2, 0.25) is 0 Å². The summed E-state index contributed by atoms with van der Waals surface area (Å²) in [5.41, 5.74) is 2.59. The van der Waals surface area contributed by atoms with Crippen LogP contribution in [0.4, 0.5) is 5.69 Å². The van der Waals surface area contributed by atoms with E-state index in [0.29, 0.717) is 12.0 Å². The van der Waals surface area contributed by atoms with Gasteiger partial charge in [-0.25, -0.2) is 0 Å². The van der Waals surface area contributed by atoms with Crippen LogP contribution in [0.5, 0.6) is 0 Å². The minimum absolute atomic E-state index is 0.503. The molecule has 1 fully saturated rings. The standard InChI is InChI=1S/C15H24N2O/c1-4-16-15-11-18-10-13(15)9-17(3)14-7-5-12(2)6-8-14/h5-8,13,15-16H,4,9-11H2,1-3H3. The highest BCUT2D eigenvalue weighted by Crippen LogP contribution is 2.19. The number of ether oxygens (including phenoxy) is 1. The third-order valence-electron chi connectivity index (χ3n) is 3.65. The van der Waals surface area contributed by atoms with Gasteiger partial charge in [0.25, 0.3) is 0 Å². The molecule has 3 nitrogen and oxygen atoms in total. The average Bonchev–Trinajstić information content (AvgIpc) is 2.78. The summed E-state index contributed by atoms with van der Waals surface area (Å²) in [6.07, 6.45) is 0. The summed E-state index contributed by atoms with van der Waals surface area (Å²) < 4.78 is 5.59. The van der Waals surface area contributed by atoms with Crippen LogP contribution >= 0.6 is 0 Å². The molecule has 1 aromatic carbocycles. The van der Waals surface area contributed by atoms with Crippen molar-refractivity contribution in [1.29, 1.82) is 0 Å². The topological polar surface area (TPSA) is 24.5 Å². The molecule has 0 radical (unpaired) electrons. The Balaban J connectivity index is 1.94. The van der Waals surface area contributed by atoms with Crippen LogP contribution in [0.15, 0.2) is 24.3 Å². The number of nitrogens with zero attached hydrogens (tertiary/aromatic N) is 1. The van der Waals surface area contributed by atoms with Crippen LogP contribution in [0.2, 0.25) is 0 Å². The van der Waals surface area contributed by atoms with Crippen LogP contribution in [-0.2, 0) is 4.74 Å². The molecule has 1 N–H and O–H groups in total. The Morgan fingerprint density at radius 1 is 1.28 bits per heavy atom. The summed E-state index contributed by atoms with van der Waals surface area (Å²) in [4.78, 5) is 2.32. The van der Waals surface area contributed by atoms with Gasteiger partial charge in [-0.1, -0.05) is 24.6 Å². The van der Waals surface area contributed by atoms with E-state index in [1.807, 2.05) is 0 Å². The van der Waals surface area contributed by atoms with E-state index in [1.165, 1.54) is 11.3 Å². The molecular weight excluding hydrogens is 224 g/mol. The minimum Gasteiger partial charge on any atom is -0.379 e. The Hall–Kier alpha value is -1.06. The fourth-order valence-electron chi connectivity index (χ4n) is 2.52. The molecule has 0 amide bonds. The Bertz CT molecular complexity index is 363. The predicted molar refractivity (Wildman–Crippen MR) is 76.2 cm³/mol. The number of benzene rings is 1. The molecule has 3 heteroatoms. The van der Waals surface area contributed by atoms with Crippen molar-refractivity contribution in [2.24, 2.45) is 5.92 Å². The zero-order valence-corrected chi connectivity index (χ0v) is 11.6. The van der Waals surface area contributed by atoms with Gasteiger partial charge in [0.15, 0.2) is 0 Å². The molecule has 0 aliphatic carbocycles. The molecule has 0 saturated carbocycles. The van der Waals surface area contributed by atoms with Crippen LogP contribution in [0.25, 0.3) is 0 Å². The second kappa shape index (κ2) is 6.21. The molecule has 0 spiro atoms. The molecule has 2 rings (SSSR count). The first-order valence-corrected chi connectivity index (χ1v) is 6.79. The fourth-order valence-corrected chi connectivity index (χ4v) is 2.52. The molecular formula is C15H24N2O. The highest BCUT2D eigenvalue weighted by atomic mass is 16.5. The van der Waals surface area contributed by atoms with Crippen LogP contribution in [0.3, 0.4) is 0 Å². The van der Waals surface area contributed by atoms with Crippen molar-refractivity contribution in [2.45, 2.75) is 19.9 Å². The highest BCUT2D eigenvalue weighted by molar-refractivity contribution is 5.46. The number of hydrogen-bond donors (Lipinski definition) is 1. The van der Waals surface area contributed by atoms with Gasteiger partial charge < -0.3 is 15.0 Å².